The molecular formula is C16H19N5O2P+. The highest BCUT2D eigenvalue weighted by Gasteiger charge is 2.27. The number of imidazole rings is 1. The Morgan fingerprint density at radius 1 is 1.29 bits per heavy atom. The van der Waals surface area contributed by atoms with E-state index in [0.29, 0.717) is 35.8 Å². The molecule has 7 nitrogen and oxygen atoms in total. The van der Waals surface area contributed by atoms with Gasteiger partial charge in [-0.2, -0.15) is 4.89 Å². The van der Waals surface area contributed by atoms with E-state index in [1.165, 1.54) is 11.9 Å². The summed E-state index contributed by atoms with van der Waals surface area (Å²) in [6.07, 6.45) is 2.61. The number of aromatic nitrogens is 4. The third kappa shape index (κ3) is 3.42. The van der Waals surface area contributed by atoms with Crippen LogP contribution in [-0.2, 0) is 24.0 Å². The Balaban J connectivity index is 1.96. The van der Waals surface area contributed by atoms with E-state index in [9.17, 15) is 9.46 Å². The standard InChI is InChI=1S/C16H18N5O2P/c1-11(24(22)23)9-13-20-14-15(17)18-10-19-16(14)21(13)8-7-12-5-3-2-4-6-12/h2-6,10-11H,7-9H2,1H3,(H2-,17,18,19,22,23)/p+1. The maximum atomic E-state index is 11.3. The molecule has 0 aliphatic carbocycles. The zero-order chi connectivity index (χ0) is 17.1. The Bertz CT molecular complexity index is 866. The highest BCUT2D eigenvalue weighted by Crippen LogP contribution is 2.27. The molecule has 3 aromatic rings. The van der Waals surface area contributed by atoms with Gasteiger partial charge in [0.2, 0.25) is 0 Å². The molecule has 8 heteroatoms. The molecular weight excluding hydrogens is 325 g/mol. The lowest BCUT2D eigenvalue weighted by atomic mass is 10.1. The van der Waals surface area contributed by atoms with Crippen LogP contribution in [0, 0.1) is 0 Å². The van der Waals surface area contributed by atoms with Crippen molar-refractivity contribution >= 4 is 25.0 Å². The van der Waals surface area contributed by atoms with Crippen LogP contribution in [0.1, 0.15) is 18.3 Å². The number of nitrogens with two attached hydrogens (primary N) is 1. The molecule has 0 aliphatic rings. The number of nitrogens with zero attached hydrogens (tertiary/aromatic N) is 4. The van der Waals surface area contributed by atoms with Gasteiger partial charge in [0, 0.05) is 6.54 Å². The average molecular weight is 344 g/mol. The fourth-order valence-corrected chi connectivity index (χ4v) is 2.94. The molecule has 0 spiro atoms. The average Bonchev–Trinajstić information content (AvgIpc) is 2.92. The van der Waals surface area contributed by atoms with Crippen LogP contribution >= 0.6 is 8.03 Å². The predicted octanol–water partition coefficient (Wildman–Crippen LogP) is 2.32. The summed E-state index contributed by atoms with van der Waals surface area (Å²) in [4.78, 5) is 22.1. The van der Waals surface area contributed by atoms with Crippen LogP contribution in [0.15, 0.2) is 36.7 Å². The summed E-state index contributed by atoms with van der Waals surface area (Å²) in [5.74, 6) is 1.03. The van der Waals surface area contributed by atoms with Crippen molar-refractivity contribution in [3.05, 3.63) is 48.0 Å². The van der Waals surface area contributed by atoms with Gasteiger partial charge in [-0.1, -0.05) is 30.3 Å². The Hall–Kier alpha value is -2.37. The van der Waals surface area contributed by atoms with Crippen LogP contribution in [0.3, 0.4) is 0 Å². The molecule has 3 rings (SSSR count). The first kappa shape index (κ1) is 16.5. The Morgan fingerprint density at radius 3 is 2.75 bits per heavy atom. The summed E-state index contributed by atoms with van der Waals surface area (Å²) in [6, 6.07) is 10.1. The lowest BCUT2D eigenvalue weighted by molar-refractivity contribution is 0.488. The third-order valence-electron chi connectivity index (χ3n) is 3.96. The number of rotatable bonds is 6. The van der Waals surface area contributed by atoms with Gasteiger partial charge in [-0.15, -0.1) is 0 Å². The lowest BCUT2D eigenvalue weighted by Gasteiger charge is -2.08. The van der Waals surface area contributed by atoms with E-state index in [-0.39, 0.29) is 5.66 Å². The molecule has 0 bridgehead atoms. The van der Waals surface area contributed by atoms with Crippen LogP contribution in [0.25, 0.3) is 11.2 Å². The quantitative estimate of drug-likeness (QED) is 0.665. The van der Waals surface area contributed by atoms with Crippen molar-refractivity contribution in [3.63, 3.8) is 0 Å². The first-order chi connectivity index (χ1) is 11.6. The number of hydrogen-bond acceptors (Lipinski definition) is 5. The van der Waals surface area contributed by atoms with E-state index in [1.807, 2.05) is 22.8 Å². The van der Waals surface area contributed by atoms with Crippen molar-refractivity contribution in [1.29, 1.82) is 0 Å². The number of anilines is 1. The molecule has 2 atom stereocenters. The maximum Gasteiger partial charge on any atom is 0.508 e. The molecule has 1 aromatic carbocycles. The van der Waals surface area contributed by atoms with Crippen molar-refractivity contribution < 1.29 is 9.46 Å². The van der Waals surface area contributed by atoms with Gasteiger partial charge < -0.3 is 10.3 Å². The van der Waals surface area contributed by atoms with Gasteiger partial charge in [-0.25, -0.2) is 15.0 Å². The molecule has 24 heavy (non-hydrogen) atoms. The van der Waals surface area contributed by atoms with Gasteiger partial charge in [0.05, 0.1) is 6.42 Å². The molecule has 2 unspecified atom stereocenters. The highest BCUT2D eigenvalue weighted by molar-refractivity contribution is 7.38. The fraction of sp³-hybridized carbons (Fsp3) is 0.312. The van der Waals surface area contributed by atoms with E-state index in [0.717, 1.165) is 6.42 Å². The van der Waals surface area contributed by atoms with E-state index in [2.05, 4.69) is 27.1 Å². The zero-order valence-corrected chi connectivity index (χ0v) is 14.2. The minimum atomic E-state index is -2.26. The van der Waals surface area contributed by atoms with Gasteiger partial charge in [0.1, 0.15) is 12.2 Å². The van der Waals surface area contributed by atoms with Crippen molar-refractivity contribution in [2.24, 2.45) is 0 Å². The summed E-state index contributed by atoms with van der Waals surface area (Å²) in [5.41, 5.74) is 7.92. The minimum Gasteiger partial charge on any atom is -0.382 e. The monoisotopic (exact) mass is 344 g/mol. The topological polar surface area (TPSA) is 107 Å². The summed E-state index contributed by atoms with van der Waals surface area (Å²) < 4.78 is 13.3. The molecule has 0 amide bonds. The molecule has 2 heterocycles. The van der Waals surface area contributed by atoms with Crippen molar-refractivity contribution in [1.82, 2.24) is 19.5 Å². The van der Waals surface area contributed by atoms with Crippen LogP contribution in [0.5, 0.6) is 0 Å². The van der Waals surface area contributed by atoms with E-state index in [4.69, 9.17) is 5.73 Å². The molecule has 0 radical (unpaired) electrons. The van der Waals surface area contributed by atoms with Crippen LogP contribution in [0.4, 0.5) is 5.82 Å². The smallest absolute Gasteiger partial charge is 0.382 e. The van der Waals surface area contributed by atoms with Gasteiger partial charge in [-0.05, 0) is 23.5 Å². The number of nitrogen functional groups attached to an aromatic ring is 1. The zero-order valence-electron chi connectivity index (χ0n) is 13.3. The summed E-state index contributed by atoms with van der Waals surface area (Å²) in [5, 5.41) is 0. The normalized spacial score (nSPS) is 13.2. The van der Waals surface area contributed by atoms with Gasteiger partial charge in [0.15, 0.2) is 22.6 Å². The second-order valence-electron chi connectivity index (χ2n) is 5.70. The van der Waals surface area contributed by atoms with Gasteiger partial charge >= 0.3 is 8.03 Å². The number of aryl methyl sites for hydroxylation is 2. The maximum absolute atomic E-state index is 11.3. The SMILES string of the molecule is CC(Cc1nc2c(N)ncnc2n1CCc1ccccc1)[P+](=O)O. The molecule has 0 fully saturated rings. The minimum absolute atomic E-state index is 0.320. The number of benzene rings is 1. The fourth-order valence-electron chi connectivity index (χ4n) is 2.62. The first-order valence-electron chi connectivity index (χ1n) is 7.71. The van der Waals surface area contributed by atoms with Crippen LogP contribution < -0.4 is 5.73 Å². The lowest BCUT2D eigenvalue weighted by Crippen LogP contribution is -2.11. The third-order valence-corrected chi connectivity index (χ3v) is 4.90. The molecule has 124 valence electrons. The number of fused-ring (bicyclic) bond motifs is 1. The van der Waals surface area contributed by atoms with Gasteiger partial charge in [-0.3, -0.25) is 0 Å². The number of hydrogen-bond donors (Lipinski definition) is 2. The van der Waals surface area contributed by atoms with Crippen molar-refractivity contribution in [3.8, 4) is 0 Å². The Kier molecular flexibility index (Phi) is 4.83. The largest absolute Gasteiger partial charge is 0.508 e. The van der Waals surface area contributed by atoms with Crippen LogP contribution in [-0.4, -0.2) is 30.1 Å². The summed E-state index contributed by atoms with van der Waals surface area (Å²) in [6.45, 7) is 2.40. The summed E-state index contributed by atoms with van der Waals surface area (Å²) >= 11 is 0. The van der Waals surface area contributed by atoms with Crippen molar-refractivity contribution in [2.75, 3.05) is 5.73 Å². The van der Waals surface area contributed by atoms with E-state index in [1.54, 1.807) is 6.92 Å². The highest BCUT2D eigenvalue weighted by atomic mass is 31.1. The van der Waals surface area contributed by atoms with Crippen LogP contribution in [0.2, 0.25) is 0 Å². The van der Waals surface area contributed by atoms with E-state index >= 15 is 0 Å². The molecule has 0 saturated heterocycles. The Morgan fingerprint density at radius 2 is 2.04 bits per heavy atom. The van der Waals surface area contributed by atoms with Gasteiger partial charge in [0.25, 0.3) is 0 Å². The molecule has 0 aliphatic heterocycles. The molecule has 3 N–H and O–H groups in total. The first-order valence-corrected chi connectivity index (χ1v) is 8.99. The predicted molar refractivity (Wildman–Crippen MR) is 92.9 cm³/mol. The van der Waals surface area contributed by atoms with E-state index < -0.39 is 8.03 Å². The summed E-state index contributed by atoms with van der Waals surface area (Å²) in [7, 11) is -2.26. The molecule has 0 saturated carbocycles. The second kappa shape index (κ2) is 7.03. The second-order valence-corrected chi connectivity index (χ2v) is 7.19. The van der Waals surface area contributed by atoms with Crippen molar-refractivity contribution in [2.45, 2.75) is 32.0 Å². The molecule has 2 aromatic heterocycles. The Labute approximate surface area is 140 Å².